The van der Waals surface area contributed by atoms with E-state index in [9.17, 15) is 0 Å². The highest BCUT2D eigenvalue weighted by atomic mass is 32.1. The summed E-state index contributed by atoms with van der Waals surface area (Å²) >= 11 is 5.56. The van der Waals surface area contributed by atoms with Crippen LogP contribution in [0.2, 0.25) is 0 Å². The topological polar surface area (TPSA) is 12.5 Å². The van der Waals surface area contributed by atoms with E-state index in [0.29, 0.717) is 0 Å². The third-order valence-electron chi connectivity index (χ3n) is 3.01. The maximum Gasteiger partial charge on any atom is 0.109 e. The Balaban J connectivity index is 2.11. The van der Waals surface area contributed by atoms with E-state index in [1.54, 1.807) is 0 Å². The summed E-state index contributed by atoms with van der Waals surface area (Å²) in [4.78, 5) is 3.19. The Morgan fingerprint density at radius 1 is 1.18 bits per heavy atom. The number of ether oxygens (including phenoxy) is 1. The summed E-state index contributed by atoms with van der Waals surface area (Å²) in [6.07, 6.45) is 0.504. The van der Waals surface area contributed by atoms with Crippen LogP contribution in [0.5, 0.6) is 0 Å². The maximum absolute atomic E-state index is 5.72. The molecule has 0 spiro atoms. The first-order chi connectivity index (χ1) is 8.06. The molecule has 0 radical (unpaired) electrons. The average Bonchev–Trinajstić information content (AvgIpc) is 2.28. The van der Waals surface area contributed by atoms with Crippen molar-refractivity contribution < 1.29 is 4.74 Å². The van der Waals surface area contributed by atoms with Gasteiger partial charge in [0, 0.05) is 18.7 Å². The first-order valence-electron chi connectivity index (χ1n) is 6.07. The van der Waals surface area contributed by atoms with Gasteiger partial charge in [0.1, 0.15) is 4.99 Å². The lowest BCUT2D eigenvalue weighted by molar-refractivity contribution is -0.0472. The Bertz CT molecular complexity index is 391. The van der Waals surface area contributed by atoms with E-state index in [2.05, 4.69) is 49.9 Å². The number of nitrogens with zero attached hydrogens (tertiary/aromatic N) is 1. The summed E-state index contributed by atoms with van der Waals surface area (Å²) in [6.45, 7) is 8.06. The Kier molecular flexibility index (Phi) is 3.79. The molecule has 3 heteroatoms. The number of morpholine rings is 1. The third-order valence-corrected chi connectivity index (χ3v) is 3.50. The quantitative estimate of drug-likeness (QED) is 0.710. The van der Waals surface area contributed by atoms with E-state index < -0.39 is 0 Å². The van der Waals surface area contributed by atoms with Gasteiger partial charge in [-0.25, -0.2) is 0 Å². The molecule has 2 rings (SSSR count). The van der Waals surface area contributed by atoms with Crippen LogP contribution in [0.4, 0.5) is 0 Å². The van der Waals surface area contributed by atoms with Crippen LogP contribution in [0.15, 0.2) is 24.3 Å². The van der Waals surface area contributed by atoms with Gasteiger partial charge in [0.25, 0.3) is 0 Å². The van der Waals surface area contributed by atoms with Crippen molar-refractivity contribution in [1.82, 2.24) is 4.90 Å². The first kappa shape index (κ1) is 12.5. The Labute approximate surface area is 109 Å². The zero-order valence-electron chi connectivity index (χ0n) is 10.6. The van der Waals surface area contributed by atoms with Crippen LogP contribution in [-0.4, -0.2) is 35.2 Å². The third kappa shape index (κ3) is 3.05. The fourth-order valence-corrected chi connectivity index (χ4v) is 2.51. The van der Waals surface area contributed by atoms with Gasteiger partial charge in [0.05, 0.1) is 12.2 Å². The SMILES string of the molecule is Cc1ccc(C(=S)N2C[C@@H](C)O[C@@H](C)C2)cc1. The lowest BCUT2D eigenvalue weighted by atomic mass is 10.1. The van der Waals surface area contributed by atoms with Crippen molar-refractivity contribution in [1.29, 1.82) is 0 Å². The van der Waals surface area contributed by atoms with Gasteiger partial charge in [0.15, 0.2) is 0 Å². The summed E-state index contributed by atoms with van der Waals surface area (Å²) in [5, 5.41) is 0. The van der Waals surface area contributed by atoms with Gasteiger partial charge < -0.3 is 9.64 Å². The van der Waals surface area contributed by atoms with E-state index >= 15 is 0 Å². The second-order valence-electron chi connectivity index (χ2n) is 4.83. The van der Waals surface area contributed by atoms with Gasteiger partial charge in [-0.1, -0.05) is 42.0 Å². The summed E-state index contributed by atoms with van der Waals surface area (Å²) in [5.41, 5.74) is 2.40. The minimum absolute atomic E-state index is 0.252. The molecule has 1 fully saturated rings. The number of aryl methyl sites for hydroxylation is 1. The molecule has 0 bridgehead atoms. The van der Waals surface area contributed by atoms with Crippen molar-refractivity contribution in [3.8, 4) is 0 Å². The molecule has 0 aliphatic carbocycles. The minimum atomic E-state index is 0.252. The normalized spacial score (nSPS) is 24.8. The van der Waals surface area contributed by atoms with Crippen molar-refractivity contribution in [2.75, 3.05) is 13.1 Å². The van der Waals surface area contributed by atoms with Crippen LogP contribution < -0.4 is 0 Å². The van der Waals surface area contributed by atoms with Gasteiger partial charge in [0.2, 0.25) is 0 Å². The van der Waals surface area contributed by atoms with E-state index in [1.807, 2.05) is 0 Å². The molecule has 0 saturated carbocycles. The van der Waals surface area contributed by atoms with Crippen molar-refractivity contribution in [2.45, 2.75) is 33.0 Å². The van der Waals surface area contributed by atoms with Crippen LogP contribution in [0, 0.1) is 6.92 Å². The molecule has 1 aliphatic rings. The highest BCUT2D eigenvalue weighted by Crippen LogP contribution is 2.15. The summed E-state index contributed by atoms with van der Waals surface area (Å²) in [7, 11) is 0. The minimum Gasteiger partial charge on any atom is -0.372 e. The number of hydrogen-bond donors (Lipinski definition) is 0. The predicted molar refractivity (Wildman–Crippen MR) is 74.5 cm³/mol. The molecule has 2 nitrogen and oxygen atoms in total. The number of hydrogen-bond acceptors (Lipinski definition) is 2. The van der Waals surface area contributed by atoms with Gasteiger partial charge in [-0.2, -0.15) is 0 Å². The smallest absolute Gasteiger partial charge is 0.109 e. The standard InChI is InChI=1S/C14H19NOS/c1-10-4-6-13(7-5-10)14(17)15-8-11(2)16-12(3)9-15/h4-7,11-12H,8-9H2,1-3H3/t11-,12+. The van der Waals surface area contributed by atoms with E-state index in [1.165, 1.54) is 5.56 Å². The molecule has 0 unspecified atom stereocenters. The number of thiocarbonyl (C=S) groups is 1. The van der Waals surface area contributed by atoms with Gasteiger partial charge in [-0.3, -0.25) is 0 Å². The van der Waals surface area contributed by atoms with Gasteiger partial charge >= 0.3 is 0 Å². The lowest BCUT2D eigenvalue weighted by Gasteiger charge is -2.37. The lowest BCUT2D eigenvalue weighted by Crippen LogP contribution is -2.47. The van der Waals surface area contributed by atoms with Gasteiger partial charge in [-0.05, 0) is 20.8 Å². The van der Waals surface area contributed by atoms with Crippen LogP contribution >= 0.6 is 12.2 Å². The maximum atomic E-state index is 5.72. The van der Waals surface area contributed by atoms with E-state index in [4.69, 9.17) is 17.0 Å². The summed E-state index contributed by atoms with van der Waals surface area (Å²) < 4.78 is 5.72. The monoisotopic (exact) mass is 249 g/mol. The predicted octanol–water partition coefficient (Wildman–Crippen LogP) is 2.78. The number of rotatable bonds is 1. The molecular formula is C14H19NOS. The fraction of sp³-hybridized carbons (Fsp3) is 0.500. The molecule has 0 N–H and O–H groups in total. The van der Waals surface area contributed by atoms with Crippen LogP contribution in [-0.2, 0) is 4.74 Å². The molecule has 17 heavy (non-hydrogen) atoms. The summed E-state index contributed by atoms with van der Waals surface area (Å²) in [5.74, 6) is 0. The molecule has 1 heterocycles. The van der Waals surface area contributed by atoms with Crippen molar-refractivity contribution in [2.24, 2.45) is 0 Å². The fourth-order valence-electron chi connectivity index (χ4n) is 2.22. The highest BCUT2D eigenvalue weighted by molar-refractivity contribution is 7.80. The van der Waals surface area contributed by atoms with Gasteiger partial charge in [-0.15, -0.1) is 0 Å². The molecule has 92 valence electrons. The van der Waals surface area contributed by atoms with Crippen molar-refractivity contribution in [3.05, 3.63) is 35.4 Å². The molecule has 1 aromatic rings. The van der Waals surface area contributed by atoms with E-state index in [0.717, 1.165) is 23.6 Å². The molecule has 1 aromatic carbocycles. The Hall–Kier alpha value is -0.930. The Morgan fingerprint density at radius 3 is 2.24 bits per heavy atom. The molecule has 1 saturated heterocycles. The molecule has 0 amide bonds. The van der Waals surface area contributed by atoms with Crippen molar-refractivity contribution >= 4 is 17.2 Å². The largest absolute Gasteiger partial charge is 0.372 e. The highest BCUT2D eigenvalue weighted by Gasteiger charge is 2.24. The number of benzene rings is 1. The van der Waals surface area contributed by atoms with Crippen LogP contribution in [0.3, 0.4) is 0 Å². The average molecular weight is 249 g/mol. The Morgan fingerprint density at radius 2 is 1.71 bits per heavy atom. The second kappa shape index (κ2) is 5.15. The molecule has 2 atom stereocenters. The zero-order chi connectivity index (χ0) is 12.4. The summed E-state index contributed by atoms with van der Waals surface area (Å²) in [6, 6.07) is 8.41. The van der Waals surface area contributed by atoms with Crippen LogP contribution in [0.1, 0.15) is 25.0 Å². The van der Waals surface area contributed by atoms with Crippen molar-refractivity contribution in [3.63, 3.8) is 0 Å². The first-order valence-corrected chi connectivity index (χ1v) is 6.48. The zero-order valence-corrected chi connectivity index (χ0v) is 11.5. The van der Waals surface area contributed by atoms with E-state index in [-0.39, 0.29) is 12.2 Å². The molecule has 0 aromatic heterocycles. The molecular weight excluding hydrogens is 230 g/mol. The van der Waals surface area contributed by atoms with Crippen LogP contribution in [0.25, 0.3) is 0 Å². The molecule has 1 aliphatic heterocycles. The second-order valence-corrected chi connectivity index (χ2v) is 5.22.